The maximum absolute atomic E-state index is 7.68. The van der Waals surface area contributed by atoms with Gasteiger partial charge in [0.05, 0.1) is 0 Å². The van der Waals surface area contributed by atoms with Gasteiger partial charge >= 0.3 is 10.0 Å². The second kappa shape index (κ2) is 8.97. The van der Waals surface area contributed by atoms with Gasteiger partial charge in [0.1, 0.15) is 0 Å². The van der Waals surface area contributed by atoms with Crippen molar-refractivity contribution in [3.8, 4) is 0 Å². The molecule has 0 amide bonds. The van der Waals surface area contributed by atoms with Crippen LogP contribution in [0.1, 0.15) is 0 Å². The van der Waals surface area contributed by atoms with E-state index in [1.807, 2.05) is 0 Å². The number of hydrogen-bond donors (Lipinski definition) is 1. The molecule has 0 unspecified atom stereocenters. The first-order valence-electron chi connectivity index (χ1n) is 0.836. The van der Waals surface area contributed by atoms with Crippen molar-refractivity contribution in [3.05, 3.63) is 0 Å². The fourth-order valence-electron chi connectivity index (χ4n) is 0. The van der Waals surface area contributed by atoms with Crippen molar-refractivity contribution in [1.29, 1.82) is 0 Å². The van der Waals surface area contributed by atoms with Crippen LogP contribution in [0.2, 0.25) is 0 Å². The molecule has 0 aromatic carbocycles. The Morgan fingerprint density at radius 2 is 2.00 bits per heavy atom. The van der Waals surface area contributed by atoms with E-state index in [0.29, 0.717) is 0 Å². The van der Waals surface area contributed by atoms with Crippen LogP contribution < -0.4 is 0 Å². The zero-order valence-electron chi connectivity index (χ0n) is 2.93. The van der Waals surface area contributed by atoms with Crippen molar-refractivity contribution in [2.75, 3.05) is 7.11 Å². The maximum Gasteiger partial charge on any atom is 0.430 e. The summed E-state index contributed by atoms with van der Waals surface area (Å²) in [5, 5.41) is 0. The molecule has 0 rings (SSSR count). The second-order valence-corrected chi connectivity index (χ2v) is 0.886. The summed E-state index contributed by atoms with van der Waals surface area (Å²) in [6.45, 7) is 0. The van der Waals surface area contributed by atoms with Gasteiger partial charge in [-0.15, -0.1) is 0 Å². The summed E-state index contributed by atoms with van der Waals surface area (Å²) in [5.41, 5.74) is 0. The first-order chi connectivity index (χ1) is 1.91. The monoisotopic (exact) mass is 165 g/mol. The average Bonchev–Trinajstić information content (AvgIpc) is 1.37. The van der Waals surface area contributed by atoms with Crippen LogP contribution in [0.15, 0.2) is 0 Å². The van der Waals surface area contributed by atoms with Crippen molar-refractivity contribution in [2.45, 2.75) is 0 Å². The third-order valence-electron chi connectivity index (χ3n) is 0.0913. The van der Waals surface area contributed by atoms with E-state index >= 15 is 0 Å². The summed E-state index contributed by atoms with van der Waals surface area (Å²) in [7, 11) is 1.08. The van der Waals surface area contributed by atoms with Crippen molar-refractivity contribution in [1.82, 2.24) is 0 Å². The smallest absolute Gasteiger partial charge is 0.409 e. The van der Waals surface area contributed by atoms with E-state index in [9.17, 15) is 0 Å². The summed E-state index contributed by atoms with van der Waals surface area (Å²) in [6, 6.07) is 0. The van der Waals surface area contributed by atoms with Crippen molar-refractivity contribution in [3.63, 3.8) is 0 Å². The van der Waals surface area contributed by atoms with Crippen molar-refractivity contribution in [2.24, 2.45) is 0 Å². The summed E-state index contributed by atoms with van der Waals surface area (Å²) in [6.07, 6.45) is 0. The Labute approximate surface area is 58.9 Å². The molecule has 0 atom stereocenters. The summed E-state index contributed by atoms with van der Waals surface area (Å²) >= 11 is 0. The van der Waals surface area contributed by atoms with E-state index < -0.39 is 0 Å². The Morgan fingerprint density at radius 1 is 1.80 bits per heavy atom. The molecule has 0 saturated carbocycles. The Hall–Kier alpha value is 1.24. The number of hydrogen-bond acceptors (Lipinski definition) is 2. The Balaban J connectivity index is 0. The largest absolute Gasteiger partial charge is 0.430 e. The maximum atomic E-state index is 7.68. The van der Waals surface area contributed by atoms with E-state index in [0.717, 1.165) is 0 Å². The van der Waals surface area contributed by atoms with Gasteiger partial charge in [-0.2, -0.15) is 0 Å². The van der Waals surface area contributed by atoms with Crippen molar-refractivity contribution >= 4 is 10.0 Å². The molecule has 0 aromatic rings. The van der Waals surface area contributed by atoms with Gasteiger partial charge in [-0.05, 0) is 0 Å². The zero-order valence-corrected chi connectivity index (χ0v) is 6.77. The van der Waals surface area contributed by atoms with E-state index in [1.165, 1.54) is 7.11 Å². The van der Waals surface area contributed by atoms with E-state index in [1.54, 1.807) is 0 Å². The van der Waals surface area contributed by atoms with E-state index in [2.05, 4.69) is 4.43 Å². The fraction of sp³-hybridized carbons (Fsp3) is 1.00. The first-order valence-corrected chi connectivity index (χ1v) is 1.69. The minimum absolute atomic E-state index is 0. The van der Waals surface area contributed by atoms with Crippen LogP contribution in [-0.4, -0.2) is 21.9 Å². The molecule has 0 aliphatic rings. The molecule has 0 fully saturated rings. The standard InChI is InChI=1S/CH4O2Si.Y/c1-3-4-2;/h2H,1H3;. The SMILES string of the molecule is CO[Si]O.[Y]. The molecule has 0 aliphatic carbocycles. The van der Waals surface area contributed by atoms with Crippen LogP contribution in [-0.2, 0) is 37.1 Å². The van der Waals surface area contributed by atoms with Crippen LogP contribution >= 0.6 is 0 Å². The van der Waals surface area contributed by atoms with Crippen LogP contribution in [0.25, 0.3) is 0 Å². The summed E-state index contributed by atoms with van der Waals surface area (Å²) in [5.74, 6) is 0. The molecular formula is CH4O2SiY. The van der Waals surface area contributed by atoms with Gasteiger partial charge in [-0.25, -0.2) is 0 Å². The van der Waals surface area contributed by atoms with Gasteiger partial charge < -0.3 is 9.22 Å². The molecule has 3 radical (unpaired) electrons. The molecule has 0 aromatic heterocycles. The van der Waals surface area contributed by atoms with Gasteiger partial charge in [0.2, 0.25) is 0 Å². The minimum Gasteiger partial charge on any atom is -0.409 e. The third-order valence-corrected chi connectivity index (χ3v) is 0.274. The average molecular weight is 165 g/mol. The molecule has 1 N–H and O–H groups in total. The topological polar surface area (TPSA) is 29.5 Å². The Bertz CT molecular complexity index is 11.6. The van der Waals surface area contributed by atoms with Gasteiger partial charge in [0, 0.05) is 39.8 Å². The number of rotatable bonds is 1. The first kappa shape index (κ1) is 9.53. The molecule has 0 heterocycles. The molecule has 0 aliphatic heterocycles. The van der Waals surface area contributed by atoms with Crippen LogP contribution in [0.3, 0.4) is 0 Å². The van der Waals surface area contributed by atoms with Gasteiger partial charge in [0.25, 0.3) is 0 Å². The fourth-order valence-corrected chi connectivity index (χ4v) is 0. The molecule has 4 heteroatoms. The predicted molar refractivity (Wildman–Crippen MR) is 15.0 cm³/mol. The third kappa shape index (κ3) is 11.0. The van der Waals surface area contributed by atoms with Crippen LogP contribution in [0, 0.1) is 0 Å². The molecule has 0 spiro atoms. The molecule has 27 valence electrons. The molecule has 0 bridgehead atoms. The molecule has 5 heavy (non-hydrogen) atoms. The van der Waals surface area contributed by atoms with Crippen molar-refractivity contribution < 1.29 is 41.9 Å². The second-order valence-electron chi connectivity index (χ2n) is 0.295. The van der Waals surface area contributed by atoms with Crippen LogP contribution in [0.4, 0.5) is 0 Å². The van der Waals surface area contributed by atoms with Gasteiger partial charge in [0.15, 0.2) is 0 Å². The summed E-state index contributed by atoms with van der Waals surface area (Å²) in [4.78, 5) is 7.68. The van der Waals surface area contributed by atoms with Gasteiger partial charge in [-0.3, -0.25) is 0 Å². The van der Waals surface area contributed by atoms with Crippen LogP contribution in [0.5, 0.6) is 0 Å². The van der Waals surface area contributed by atoms with E-state index in [-0.39, 0.29) is 42.7 Å². The zero-order chi connectivity index (χ0) is 3.41. The molecular weight excluding hydrogens is 161 g/mol. The Kier molecular flexibility index (Phi) is 17.1. The quantitative estimate of drug-likeness (QED) is 0.513. The molecule has 0 saturated heterocycles. The Morgan fingerprint density at radius 3 is 2.00 bits per heavy atom. The minimum atomic E-state index is -0.360. The van der Waals surface area contributed by atoms with E-state index in [4.69, 9.17) is 4.80 Å². The summed E-state index contributed by atoms with van der Waals surface area (Å²) < 4.78 is 4.12. The molecule has 2 nitrogen and oxygen atoms in total. The van der Waals surface area contributed by atoms with Gasteiger partial charge in [-0.1, -0.05) is 0 Å². The normalized spacial score (nSPS) is 6.00. The predicted octanol–water partition coefficient (Wildman–Crippen LogP) is -0.843.